The Hall–Kier alpha value is -1.66. The number of H-pyrrole nitrogens is 1. The summed E-state index contributed by atoms with van der Waals surface area (Å²) in [5, 5.41) is 6.09. The highest BCUT2D eigenvalue weighted by Crippen LogP contribution is 2.22. The van der Waals surface area contributed by atoms with Gasteiger partial charge < -0.3 is 10.3 Å². The Balaban J connectivity index is 1.54. The van der Waals surface area contributed by atoms with E-state index in [1.54, 1.807) is 11.3 Å². The summed E-state index contributed by atoms with van der Waals surface area (Å²) in [6.45, 7) is 9.42. The molecule has 3 rings (SSSR count). The molecule has 0 radical (unpaired) electrons. The quantitative estimate of drug-likeness (QED) is 0.873. The summed E-state index contributed by atoms with van der Waals surface area (Å²) in [7, 11) is 0. The Morgan fingerprint density at radius 3 is 3.12 bits per heavy atom. The van der Waals surface area contributed by atoms with Gasteiger partial charge in [-0.05, 0) is 45.2 Å². The molecule has 0 saturated carbocycles. The number of nitrogens with zero attached hydrogens (tertiary/aromatic N) is 2. The maximum Gasteiger partial charge on any atom is 0.267 e. The predicted molar refractivity (Wildman–Crippen MR) is 98.4 cm³/mol. The minimum atomic E-state index is -0.0508. The van der Waals surface area contributed by atoms with Gasteiger partial charge in [0.15, 0.2) is 0 Å². The SMILES string of the molecule is Cc1nc(-c2c[nH]c(C(=O)NC[C@H](C)N3CCC[C@@H](C)C3)c2)cs1. The molecule has 1 amide bonds. The van der Waals surface area contributed by atoms with E-state index < -0.39 is 0 Å². The molecule has 3 heterocycles. The van der Waals surface area contributed by atoms with Gasteiger partial charge in [0.05, 0.1) is 10.7 Å². The fraction of sp³-hybridized carbons (Fsp3) is 0.556. The average molecular weight is 346 g/mol. The molecule has 130 valence electrons. The first-order valence-electron chi connectivity index (χ1n) is 8.66. The molecule has 6 heteroatoms. The number of aryl methyl sites for hydroxylation is 1. The third kappa shape index (κ3) is 4.05. The number of carbonyl (C=O) groups excluding carboxylic acids is 1. The Kier molecular flexibility index (Phi) is 5.36. The summed E-state index contributed by atoms with van der Waals surface area (Å²) < 4.78 is 0. The van der Waals surface area contributed by atoms with Crippen molar-refractivity contribution in [2.45, 2.75) is 39.7 Å². The van der Waals surface area contributed by atoms with Gasteiger partial charge in [-0.1, -0.05) is 6.92 Å². The molecule has 2 N–H and O–H groups in total. The number of likely N-dealkylation sites (tertiary alicyclic amines) is 1. The second-order valence-corrected chi connectivity index (χ2v) is 7.92. The van der Waals surface area contributed by atoms with Crippen LogP contribution in [0.4, 0.5) is 0 Å². The first kappa shape index (κ1) is 17.2. The van der Waals surface area contributed by atoms with Crippen molar-refractivity contribution in [2.75, 3.05) is 19.6 Å². The van der Waals surface area contributed by atoms with Crippen molar-refractivity contribution < 1.29 is 4.79 Å². The highest BCUT2D eigenvalue weighted by Gasteiger charge is 2.21. The fourth-order valence-electron chi connectivity index (χ4n) is 3.26. The van der Waals surface area contributed by atoms with Crippen LogP contribution in [0.2, 0.25) is 0 Å². The summed E-state index contributed by atoms with van der Waals surface area (Å²) in [5.41, 5.74) is 2.47. The summed E-state index contributed by atoms with van der Waals surface area (Å²) in [6, 6.07) is 2.24. The van der Waals surface area contributed by atoms with Crippen LogP contribution in [0.25, 0.3) is 11.3 Å². The van der Waals surface area contributed by atoms with E-state index in [1.165, 1.54) is 12.8 Å². The minimum absolute atomic E-state index is 0.0508. The first-order valence-corrected chi connectivity index (χ1v) is 9.54. The van der Waals surface area contributed by atoms with Crippen LogP contribution in [-0.4, -0.2) is 46.5 Å². The van der Waals surface area contributed by atoms with Crippen LogP contribution in [0.5, 0.6) is 0 Å². The zero-order valence-electron chi connectivity index (χ0n) is 14.6. The van der Waals surface area contributed by atoms with Crippen molar-refractivity contribution in [3.05, 3.63) is 28.3 Å². The number of aromatic amines is 1. The van der Waals surface area contributed by atoms with Crippen molar-refractivity contribution in [1.29, 1.82) is 0 Å². The lowest BCUT2D eigenvalue weighted by atomic mass is 9.99. The van der Waals surface area contributed by atoms with Crippen LogP contribution in [0.1, 0.15) is 42.2 Å². The van der Waals surface area contributed by atoms with Gasteiger partial charge in [-0.15, -0.1) is 11.3 Å². The standard InChI is InChI=1S/C18H26N4OS/c1-12-5-4-6-22(10-12)13(2)8-20-18(23)16-7-15(9-19-16)17-11-24-14(3)21-17/h7,9,11-13,19H,4-6,8,10H2,1-3H3,(H,20,23)/t12-,13+/m1/s1. The first-order chi connectivity index (χ1) is 11.5. The molecule has 0 aromatic carbocycles. The number of thiazole rings is 1. The maximum absolute atomic E-state index is 12.4. The van der Waals surface area contributed by atoms with Gasteiger partial charge in [0.2, 0.25) is 0 Å². The van der Waals surface area contributed by atoms with Gasteiger partial charge in [0.25, 0.3) is 5.91 Å². The largest absolute Gasteiger partial charge is 0.357 e. The van der Waals surface area contributed by atoms with E-state index in [9.17, 15) is 4.79 Å². The van der Waals surface area contributed by atoms with Crippen molar-refractivity contribution in [3.63, 3.8) is 0 Å². The summed E-state index contributed by atoms with van der Waals surface area (Å²) in [6.07, 6.45) is 4.42. The molecule has 2 aromatic heterocycles. The predicted octanol–water partition coefficient (Wildman–Crippen LogP) is 3.30. The summed E-state index contributed by atoms with van der Waals surface area (Å²) in [5.74, 6) is 0.703. The van der Waals surface area contributed by atoms with Crippen LogP contribution in [-0.2, 0) is 0 Å². The van der Waals surface area contributed by atoms with Gasteiger partial charge in [-0.3, -0.25) is 9.69 Å². The average Bonchev–Trinajstić information content (AvgIpc) is 3.21. The Morgan fingerprint density at radius 2 is 2.42 bits per heavy atom. The monoisotopic (exact) mass is 346 g/mol. The molecule has 0 bridgehead atoms. The number of amides is 1. The number of carbonyl (C=O) groups is 1. The van der Waals surface area contributed by atoms with E-state index in [2.05, 4.69) is 34.0 Å². The Labute approximate surface area is 147 Å². The van der Waals surface area contributed by atoms with E-state index in [-0.39, 0.29) is 5.91 Å². The van der Waals surface area contributed by atoms with Gasteiger partial charge in [-0.2, -0.15) is 0 Å². The van der Waals surface area contributed by atoms with Crippen LogP contribution in [0.15, 0.2) is 17.6 Å². The van der Waals surface area contributed by atoms with Crippen LogP contribution in [0.3, 0.4) is 0 Å². The third-order valence-electron chi connectivity index (χ3n) is 4.71. The van der Waals surface area contributed by atoms with Crippen molar-refractivity contribution in [3.8, 4) is 11.3 Å². The van der Waals surface area contributed by atoms with Gasteiger partial charge in [0, 0.05) is 36.3 Å². The summed E-state index contributed by atoms with van der Waals surface area (Å²) in [4.78, 5) is 22.4. The van der Waals surface area contributed by atoms with Gasteiger partial charge >= 0.3 is 0 Å². The van der Waals surface area contributed by atoms with Crippen LogP contribution >= 0.6 is 11.3 Å². The molecule has 24 heavy (non-hydrogen) atoms. The fourth-order valence-corrected chi connectivity index (χ4v) is 3.88. The molecular weight excluding hydrogens is 320 g/mol. The molecule has 1 fully saturated rings. The number of piperidine rings is 1. The molecule has 0 aliphatic carbocycles. The maximum atomic E-state index is 12.4. The normalized spacial score (nSPS) is 20.0. The lowest BCUT2D eigenvalue weighted by molar-refractivity contribution is 0.0913. The van der Waals surface area contributed by atoms with E-state index in [0.29, 0.717) is 18.3 Å². The third-order valence-corrected chi connectivity index (χ3v) is 5.49. The Morgan fingerprint density at radius 1 is 1.58 bits per heavy atom. The molecular formula is C18H26N4OS. The molecule has 0 unspecified atom stereocenters. The van der Waals surface area contributed by atoms with Crippen LogP contribution in [0, 0.1) is 12.8 Å². The second kappa shape index (κ2) is 7.49. The molecule has 1 aliphatic rings. The molecule has 2 aromatic rings. The van der Waals surface area contributed by atoms with E-state index in [0.717, 1.165) is 35.3 Å². The molecule has 1 aliphatic heterocycles. The zero-order valence-corrected chi connectivity index (χ0v) is 15.4. The van der Waals surface area contributed by atoms with E-state index >= 15 is 0 Å². The molecule has 0 spiro atoms. The number of nitrogens with one attached hydrogen (secondary N) is 2. The number of hydrogen-bond acceptors (Lipinski definition) is 4. The number of hydrogen-bond donors (Lipinski definition) is 2. The van der Waals surface area contributed by atoms with Gasteiger partial charge in [-0.25, -0.2) is 4.98 Å². The number of rotatable bonds is 5. The zero-order chi connectivity index (χ0) is 17.1. The molecule has 5 nitrogen and oxygen atoms in total. The number of aromatic nitrogens is 2. The highest BCUT2D eigenvalue weighted by molar-refractivity contribution is 7.09. The minimum Gasteiger partial charge on any atom is -0.357 e. The van der Waals surface area contributed by atoms with E-state index in [1.807, 2.05) is 24.6 Å². The second-order valence-electron chi connectivity index (χ2n) is 6.86. The van der Waals surface area contributed by atoms with Crippen molar-refractivity contribution >= 4 is 17.2 Å². The van der Waals surface area contributed by atoms with Crippen molar-refractivity contribution in [1.82, 2.24) is 20.2 Å². The van der Waals surface area contributed by atoms with Gasteiger partial charge in [0.1, 0.15) is 5.69 Å². The topological polar surface area (TPSA) is 61.0 Å². The lowest BCUT2D eigenvalue weighted by Crippen LogP contribution is -2.46. The smallest absolute Gasteiger partial charge is 0.267 e. The lowest BCUT2D eigenvalue weighted by Gasteiger charge is -2.35. The molecule has 1 saturated heterocycles. The van der Waals surface area contributed by atoms with E-state index in [4.69, 9.17) is 0 Å². The molecule has 2 atom stereocenters. The Bertz CT molecular complexity index is 693. The van der Waals surface area contributed by atoms with Crippen molar-refractivity contribution in [2.24, 2.45) is 5.92 Å². The van der Waals surface area contributed by atoms with Crippen LogP contribution < -0.4 is 5.32 Å². The highest BCUT2D eigenvalue weighted by atomic mass is 32.1. The summed E-state index contributed by atoms with van der Waals surface area (Å²) >= 11 is 1.62.